The molecular formula is C12H13N5O4. The van der Waals surface area contributed by atoms with E-state index in [9.17, 15) is 14.9 Å². The number of rotatable bonds is 3. The number of anilines is 1. The molecule has 1 fully saturated rings. The third-order valence-corrected chi connectivity index (χ3v) is 3.61. The lowest BCUT2D eigenvalue weighted by atomic mass is 9.98. The van der Waals surface area contributed by atoms with E-state index in [1.807, 2.05) is 4.90 Å². The van der Waals surface area contributed by atoms with Gasteiger partial charge in [-0.25, -0.2) is 4.98 Å². The predicted molar refractivity (Wildman–Crippen MR) is 72.2 cm³/mol. The van der Waals surface area contributed by atoms with E-state index in [2.05, 4.69) is 10.1 Å². The number of hydrogen-bond donors (Lipinski definition) is 1. The number of aromatic nitrogens is 3. The van der Waals surface area contributed by atoms with Crippen molar-refractivity contribution in [2.75, 3.05) is 18.0 Å². The van der Waals surface area contributed by atoms with E-state index in [-0.39, 0.29) is 5.82 Å². The van der Waals surface area contributed by atoms with Crippen molar-refractivity contribution in [2.24, 2.45) is 5.92 Å². The summed E-state index contributed by atoms with van der Waals surface area (Å²) in [5, 5.41) is 24.2. The summed E-state index contributed by atoms with van der Waals surface area (Å²) in [6.07, 6.45) is 2.55. The number of nitrogens with zero attached hydrogens (tertiary/aromatic N) is 5. The summed E-state index contributed by atoms with van der Waals surface area (Å²) in [7, 11) is 0. The molecule has 110 valence electrons. The SMILES string of the molecule is O=C(O)C1CCCN(c2ccc3ncc([N+](=O)[O-])n3n2)C1. The number of carboxylic acid groups (broad SMARTS) is 1. The van der Waals surface area contributed by atoms with Gasteiger partial charge in [0.05, 0.1) is 5.92 Å². The van der Waals surface area contributed by atoms with Crippen LogP contribution in [0.2, 0.25) is 0 Å². The summed E-state index contributed by atoms with van der Waals surface area (Å²) in [4.78, 5) is 27.2. The first kappa shape index (κ1) is 13.3. The second-order valence-electron chi connectivity index (χ2n) is 4.96. The zero-order valence-corrected chi connectivity index (χ0v) is 11.0. The van der Waals surface area contributed by atoms with Crippen molar-refractivity contribution in [2.45, 2.75) is 12.8 Å². The van der Waals surface area contributed by atoms with Gasteiger partial charge in [-0.05, 0) is 23.8 Å². The minimum absolute atomic E-state index is 0.210. The monoisotopic (exact) mass is 291 g/mol. The van der Waals surface area contributed by atoms with Crippen molar-refractivity contribution in [3.8, 4) is 0 Å². The van der Waals surface area contributed by atoms with Gasteiger partial charge in [0.1, 0.15) is 6.20 Å². The Morgan fingerprint density at radius 1 is 1.48 bits per heavy atom. The largest absolute Gasteiger partial charge is 0.481 e. The Labute approximate surface area is 119 Å². The standard InChI is InChI=1S/C12H13N5O4/c18-12(19)8-2-1-5-15(7-8)10-4-3-9-13-6-11(17(20)21)16(9)14-10/h3-4,6,8H,1-2,5,7H2,(H,18,19). The van der Waals surface area contributed by atoms with Crippen molar-refractivity contribution in [1.29, 1.82) is 0 Å². The molecule has 1 N–H and O–H groups in total. The fraction of sp³-hybridized carbons (Fsp3) is 0.417. The molecule has 9 nitrogen and oxygen atoms in total. The van der Waals surface area contributed by atoms with E-state index >= 15 is 0 Å². The molecule has 0 bridgehead atoms. The van der Waals surface area contributed by atoms with Gasteiger partial charge in [0.2, 0.25) is 5.65 Å². The summed E-state index contributed by atoms with van der Waals surface area (Å²) in [6, 6.07) is 3.34. The van der Waals surface area contributed by atoms with E-state index in [1.54, 1.807) is 12.1 Å². The Bertz CT molecular complexity index is 713. The molecule has 9 heteroatoms. The lowest BCUT2D eigenvalue weighted by Crippen LogP contribution is -2.39. The van der Waals surface area contributed by atoms with Crippen LogP contribution in [-0.2, 0) is 4.79 Å². The van der Waals surface area contributed by atoms with Crippen molar-refractivity contribution in [3.05, 3.63) is 28.4 Å². The van der Waals surface area contributed by atoms with Crippen LogP contribution in [0.3, 0.4) is 0 Å². The highest BCUT2D eigenvalue weighted by Gasteiger charge is 2.27. The smallest absolute Gasteiger partial charge is 0.368 e. The van der Waals surface area contributed by atoms with Crippen LogP contribution in [0.15, 0.2) is 18.3 Å². The highest BCUT2D eigenvalue weighted by molar-refractivity contribution is 5.71. The van der Waals surface area contributed by atoms with Crippen molar-refractivity contribution in [3.63, 3.8) is 0 Å². The fourth-order valence-corrected chi connectivity index (χ4v) is 2.53. The summed E-state index contributed by atoms with van der Waals surface area (Å²) < 4.78 is 1.17. The van der Waals surface area contributed by atoms with Crippen molar-refractivity contribution >= 4 is 23.3 Å². The first-order chi connectivity index (χ1) is 10.1. The maximum absolute atomic E-state index is 11.1. The zero-order chi connectivity index (χ0) is 15.0. The number of imidazole rings is 1. The number of piperidine rings is 1. The maximum Gasteiger partial charge on any atom is 0.368 e. The Morgan fingerprint density at radius 3 is 3.00 bits per heavy atom. The van der Waals surface area contributed by atoms with Gasteiger partial charge in [-0.2, -0.15) is 0 Å². The van der Waals surface area contributed by atoms with Gasteiger partial charge < -0.3 is 20.1 Å². The summed E-state index contributed by atoms with van der Waals surface area (Å²) in [5.74, 6) is -0.948. The van der Waals surface area contributed by atoms with Gasteiger partial charge in [0, 0.05) is 19.2 Å². The molecular weight excluding hydrogens is 278 g/mol. The van der Waals surface area contributed by atoms with Gasteiger partial charge in [0.25, 0.3) is 0 Å². The van der Waals surface area contributed by atoms with Gasteiger partial charge >= 0.3 is 11.8 Å². The van der Waals surface area contributed by atoms with Gasteiger partial charge in [-0.15, -0.1) is 0 Å². The second kappa shape index (κ2) is 5.00. The van der Waals surface area contributed by atoms with E-state index in [1.165, 1.54) is 4.52 Å². The van der Waals surface area contributed by atoms with Crippen LogP contribution in [-0.4, -0.2) is 43.7 Å². The molecule has 3 heterocycles. The minimum Gasteiger partial charge on any atom is -0.481 e. The first-order valence-electron chi connectivity index (χ1n) is 6.53. The molecule has 2 aromatic rings. The predicted octanol–water partition coefficient (Wildman–Crippen LogP) is 0.938. The molecule has 1 atom stereocenters. The number of carboxylic acids is 1. The molecule has 1 saturated heterocycles. The summed E-state index contributed by atoms with van der Waals surface area (Å²) in [6.45, 7) is 1.04. The lowest BCUT2D eigenvalue weighted by molar-refractivity contribution is -0.391. The minimum atomic E-state index is -0.825. The highest BCUT2D eigenvalue weighted by atomic mass is 16.6. The van der Waals surface area contributed by atoms with E-state index < -0.39 is 16.8 Å². The van der Waals surface area contributed by atoms with E-state index in [0.717, 1.165) is 12.6 Å². The molecule has 2 aromatic heterocycles. The van der Waals surface area contributed by atoms with Crippen LogP contribution in [0.5, 0.6) is 0 Å². The van der Waals surface area contributed by atoms with Gasteiger partial charge in [-0.3, -0.25) is 4.79 Å². The Kier molecular flexibility index (Phi) is 3.16. The quantitative estimate of drug-likeness (QED) is 0.661. The molecule has 0 spiro atoms. The van der Waals surface area contributed by atoms with E-state index in [0.29, 0.717) is 31.0 Å². The molecule has 0 amide bonds. The Morgan fingerprint density at radius 2 is 2.29 bits per heavy atom. The molecule has 1 aliphatic heterocycles. The normalized spacial score (nSPS) is 18.9. The molecule has 0 aliphatic carbocycles. The van der Waals surface area contributed by atoms with Crippen LogP contribution in [0.25, 0.3) is 5.65 Å². The summed E-state index contributed by atoms with van der Waals surface area (Å²) in [5.41, 5.74) is 0.386. The number of carbonyl (C=O) groups is 1. The maximum atomic E-state index is 11.1. The Hall–Kier alpha value is -2.71. The second-order valence-corrected chi connectivity index (χ2v) is 4.96. The zero-order valence-electron chi connectivity index (χ0n) is 11.0. The third kappa shape index (κ3) is 2.37. The van der Waals surface area contributed by atoms with Crippen molar-refractivity contribution < 1.29 is 14.8 Å². The lowest BCUT2D eigenvalue weighted by Gasteiger charge is -2.30. The van der Waals surface area contributed by atoms with Crippen LogP contribution >= 0.6 is 0 Å². The molecule has 0 aromatic carbocycles. The average molecular weight is 291 g/mol. The number of fused-ring (bicyclic) bond motifs is 1. The summed E-state index contributed by atoms with van der Waals surface area (Å²) >= 11 is 0. The van der Waals surface area contributed by atoms with Crippen LogP contribution in [0, 0.1) is 16.0 Å². The van der Waals surface area contributed by atoms with E-state index in [4.69, 9.17) is 5.11 Å². The first-order valence-corrected chi connectivity index (χ1v) is 6.53. The van der Waals surface area contributed by atoms with Crippen LogP contribution < -0.4 is 4.90 Å². The average Bonchev–Trinajstić information content (AvgIpc) is 2.90. The molecule has 0 saturated carbocycles. The molecule has 1 unspecified atom stereocenters. The molecule has 0 radical (unpaired) electrons. The van der Waals surface area contributed by atoms with Crippen LogP contribution in [0.1, 0.15) is 12.8 Å². The third-order valence-electron chi connectivity index (χ3n) is 3.61. The number of aliphatic carboxylic acids is 1. The highest BCUT2D eigenvalue weighted by Crippen LogP contribution is 2.23. The van der Waals surface area contributed by atoms with Gasteiger partial charge in [0.15, 0.2) is 5.82 Å². The molecule has 21 heavy (non-hydrogen) atoms. The number of hydrogen-bond acceptors (Lipinski definition) is 6. The topological polar surface area (TPSA) is 114 Å². The molecule has 3 rings (SSSR count). The number of nitro groups is 1. The van der Waals surface area contributed by atoms with Gasteiger partial charge in [-0.1, -0.05) is 9.61 Å². The van der Waals surface area contributed by atoms with Crippen molar-refractivity contribution in [1.82, 2.24) is 14.6 Å². The van der Waals surface area contributed by atoms with Crippen LogP contribution in [0.4, 0.5) is 11.6 Å². The molecule has 1 aliphatic rings. The Balaban J connectivity index is 1.95. The fourth-order valence-electron chi connectivity index (χ4n) is 2.53.